The molecule has 2 N–H and O–H groups in total. The number of likely N-dealkylation sites (tertiary alicyclic amines) is 1. The van der Waals surface area contributed by atoms with Crippen molar-refractivity contribution in [1.82, 2.24) is 24.8 Å². The molecule has 0 bridgehead atoms. The minimum Gasteiger partial charge on any atom is -0.480 e. The van der Waals surface area contributed by atoms with Crippen LogP contribution in [0.5, 0.6) is 5.88 Å². The molecule has 246 valence electrons. The van der Waals surface area contributed by atoms with Gasteiger partial charge in [-0.15, -0.1) is 0 Å². The van der Waals surface area contributed by atoms with Gasteiger partial charge in [0, 0.05) is 62.4 Å². The Hall–Kier alpha value is -3.44. The Labute approximate surface area is 285 Å². The molecular weight excluding hydrogens is 637 g/mol. The third-order valence-corrected chi connectivity index (χ3v) is 9.87. The second kappa shape index (κ2) is 14.4. The third-order valence-electron chi connectivity index (χ3n) is 9.02. The van der Waals surface area contributed by atoms with Crippen molar-refractivity contribution in [3.8, 4) is 28.3 Å². The molecule has 9 nitrogen and oxygen atoms in total. The molecule has 47 heavy (non-hydrogen) atoms. The SMILES string of the molecule is CCC(O)CN1CCc2c(C)cc(C(=O)Cc3cccc(-c4cccc(-c5cnc(CN6CC(O)C6)c(OC)n5)c4Cl)c3Cl)nc2C1. The van der Waals surface area contributed by atoms with Crippen LogP contribution in [0, 0.1) is 6.92 Å². The van der Waals surface area contributed by atoms with E-state index in [1.807, 2.05) is 56.3 Å². The molecule has 2 aromatic carbocycles. The molecule has 1 unspecified atom stereocenters. The predicted molar refractivity (Wildman–Crippen MR) is 183 cm³/mol. The lowest BCUT2D eigenvalue weighted by Gasteiger charge is -2.35. The Balaban J connectivity index is 1.24. The Bertz CT molecular complexity index is 1800. The molecule has 2 aliphatic heterocycles. The summed E-state index contributed by atoms with van der Waals surface area (Å²) in [7, 11) is 1.56. The number of aryl methyl sites for hydroxylation is 1. The van der Waals surface area contributed by atoms with Gasteiger partial charge in [0.2, 0.25) is 5.88 Å². The molecule has 0 amide bonds. The fourth-order valence-electron chi connectivity index (χ4n) is 6.33. The number of nitrogens with zero attached hydrogens (tertiary/aromatic N) is 5. The number of rotatable bonds is 11. The van der Waals surface area contributed by atoms with E-state index in [-0.39, 0.29) is 24.4 Å². The summed E-state index contributed by atoms with van der Waals surface area (Å²) in [5, 5.41) is 20.7. The highest BCUT2D eigenvalue weighted by Gasteiger charge is 2.27. The zero-order chi connectivity index (χ0) is 33.2. The molecule has 1 saturated heterocycles. The van der Waals surface area contributed by atoms with Crippen molar-refractivity contribution in [3.63, 3.8) is 0 Å². The van der Waals surface area contributed by atoms with Crippen molar-refractivity contribution in [2.75, 3.05) is 33.3 Å². The summed E-state index contributed by atoms with van der Waals surface area (Å²) >= 11 is 14.0. The minimum atomic E-state index is -0.376. The van der Waals surface area contributed by atoms with E-state index in [2.05, 4.69) is 14.8 Å². The maximum Gasteiger partial charge on any atom is 0.237 e. The van der Waals surface area contributed by atoms with E-state index in [1.54, 1.807) is 13.3 Å². The number of halogens is 2. The molecule has 0 aliphatic carbocycles. The maximum atomic E-state index is 13.6. The van der Waals surface area contributed by atoms with E-state index in [4.69, 9.17) is 37.9 Å². The van der Waals surface area contributed by atoms with Crippen LogP contribution in [0.1, 0.15) is 51.9 Å². The lowest BCUT2D eigenvalue weighted by Crippen LogP contribution is -2.50. The second-order valence-corrected chi connectivity index (χ2v) is 13.2. The van der Waals surface area contributed by atoms with E-state index in [9.17, 15) is 15.0 Å². The van der Waals surface area contributed by atoms with E-state index in [0.717, 1.165) is 24.2 Å². The predicted octanol–water partition coefficient (Wildman–Crippen LogP) is 5.56. The van der Waals surface area contributed by atoms with Crippen LogP contribution in [0.4, 0.5) is 0 Å². The van der Waals surface area contributed by atoms with Crippen molar-refractivity contribution in [2.24, 2.45) is 0 Å². The molecule has 2 aliphatic rings. The standard InChI is InChI=1S/C36H39Cl2N5O4/c1-4-23(44)16-42-12-11-25-21(2)13-29(40-31(25)19-42)33(46)14-22-7-5-8-26(34(22)37)27-9-6-10-28(35(27)38)30-15-39-32(36(41-30)47-3)20-43-17-24(45)18-43/h5-10,13,15,23-24,44-45H,4,11-12,14,16-20H2,1-3H3. The van der Waals surface area contributed by atoms with E-state index >= 15 is 0 Å². The van der Waals surface area contributed by atoms with Crippen LogP contribution in [0.3, 0.4) is 0 Å². The van der Waals surface area contributed by atoms with E-state index in [0.29, 0.717) is 94.4 Å². The van der Waals surface area contributed by atoms with Crippen molar-refractivity contribution < 1.29 is 19.7 Å². The van der Waals surface area contributed by atoms with Gasteiger partial charge in [0.25, 0.3) is 0 Å². The molecule has 4 heterocycles. The molecule has 4 aromatic rings. The summed E-state index contributed by atoms with van der Waals surface area (Å²) in [6.45, 7) is 7.80. The number of β-amino-alcohol motifs (C(OH)–C–C–N with tert-alkyl or cyclic N) is 2. The van der Waals surface area contributed by atoms with Gasteiger partial charge in [-0.1, -0.05) is 66.5 Å². The van der Waals surface area contributed by atoms with Gasteiger partial charge in [-0.3, -0.25) is 19.6 Å². The average molecular weight is 677 g/mol. The number of pyridine rings is 1. The summed E-state index contributed by atoms with van der Waals surface area (Å²) in [5.41, 5.74) is 7.58. The minimum absolute atomic E-state index is 0.0889. The molecule has 2 aromatic heterocycles. The number of Topliss-reactive ketones (excluding diaryl/α,β-unsaturated/α-hetero) is 1. The fraction of sp³-hybridized carbons (Fsp3) is 0.389. The number of ether oxygens (including phenoxy) is 1. The average Bonchev–Trinajstić information content (AvgIpc) is 3.05. The van der Waals surface area contributed by atoms with Crippen molar-refractivity contribution in [3.05, 3.63) is 92.5 Å². The number of aliphatic hydroxyl groups is 2. The van der Waals surface area contributed by atoms with Crippen LogP contribution in [-0.2, 0) is 25.9 Å². The highest BCUT2D eigenvalue weighted by atomic mass is 35.5. The number of hydrogen-bond donors (Lipinski definition) is 2. The molecule has 0 spiro atoms. The lowest BCUT2D eigenvalue weighted by atomic mass is 9.95. The summed E-state index contributed by atoms with van der Waals surface area (Å²) in [6.07, 6.45) is 2.63. The Morgan fingerprint density at radius 2 is 1.79 bits per heavy atom. The Kier molecular flexibility index (Phi) is 10.2. The molecular formula is C36H39Cl2N5O4. The quantitative estimate of drug-likeness (QED) is 0.197. The number of aromatic nitrogens is 3. The molecule has 1 atom stereocenters. The van der Waals surface area contributed by atoms with Crippen LogP contribution in [0.2, 0.25) is 10.0 Å². The van der Waals surface area contributed by atoms with Gasteiger partial charge in [0.05, 0.1) is 46.9 Å². The number of carbonyl (C=O) groups is 1. The van der Waals surface area contributed by atoms with Gasteiger partial charge < -0.3 is 14.9 Å². The lowest BCUT2D eigenvalue weighted by molar-refractivity contribution is -0.00403. The normalized spacial score (nSPS) is 16.1. The Morgan fingerprint density at radius 3 is 2.51 bits per heavy atom. The first-order valence-electron chi connectivity index (χ1n) is 15.9. The van der Waals surface area contributed by atoms with Crippen LogP contribution < -0.4 is 4.74 Å². The number of fused-ring (bicyclic) bond motifs is 1. The van der Waals surface area contributed by atoms with E-state index < -0.39 is 0 Å². The first-order chi connectivity index (χ1) is 22.6. The van der Waals surface area contributed by atoms with Crippen LogP contribution in [-0.4, -0.2) is 86.2 Å². The smallest absolute Gasteiger partial charge is 0.237 e. The van der Waals surface area contributed by atoms with Crippen molar-refractivity contribution in [2.45, 2.75) is 58.4 Å². The molecule has 0 radical (unpaired) electrons. The number of benzene rings is 2. The number of ketones is 1. The number of carbonyl (C=O) groups excluding carboxylic acids is 1. The van der Waals surface area contributed by atoms with Gasteiger partial charge in [-0.05, 0) is 42.5 Å². The first kappa shape index (κ1) is 33.5. The summed E-state index contributed by atoms with van der Waals surface area (Å²) < 4.78 is 5.55. The van der Waals surface area contributed by atoms with Gasteiger partial charge >= 0.3 is 0 Å². The van der Waals surface area contributed by atoms with Gasteiger partial charge in [-0.25, -0.2) is 9.97 Å². The molecule has 0 saturated carbocycles. The summed E-state index contributed by atoms with van der Waals surface area (Å²) in [4.78, 5) is 32.0. The Morgan fingerprint density at radius 1 is 1.06 bits per heavy atom. The number of methoxy groups -OCH3 is 1. The monoisotopic (exact) mass is 675 g/mol. The maximum absolute atomic E-state index is 13.6. The van der Waals surface area contributed by atoms with Crippen LogP contribution in [0.25, 0.3) is 22.4 Å². The highest BCUT2D eigenvalue weighted by Crippen LogP contribution is 2.40. The first-order valence-corrected chi connectivity index (χ1v) is 16.7. The summed E-state index contributed by atoms with van der Waals surface area (Å²) in [6, 6.07) is 13.1. The molecule has 6 rings (SSSR count). The topological polar surface area (TPSA) is 112 Å². The zero-order valence-corrected chi connectivity index (χ0v) is 28.4. The highest BCUT2D eigenvalue weighted by molar-refractivity contribution is 6.38. The van der Waals surface area contributed by atoms with Gasteiger partial charge in [0.15, 0.2) is 5.78 Å². The molecule has 11 heteroatoms. The van der Waals surface area contributed by atoms with Gasteiger partial charge in [0.1, 0.15) is 11.4 Å². The second-order valence-electron chi connectivity index (χ2n) is 12.4. The van der Waals surface area contributed by atoms with Gasteiger partial charge in [-0.2, -0.15) is 0 Å². The van der Waals surface area contributed by atoms with Crippen molar-refractivity contribution >= 4 is 29.0 Å². The molecule has 1 fully saturated rings. The van der Waals surface area contributed by atoms with Crippen LogP contribution >= 0.6 is 23.2 Å². The number of aliphatic hydroxyl groups excluding tert-OH is 2. The number of hydrogen-bond acceptors (Lipinski definition) is 9. The zero-order valence-electron chi connectivity index (χ0n) is 26.8. The van der Waals surface area contributed by atoms with Crippen molar-refractivity contribution in [1.29, 1.82) is 0 Å². The summed E-state index contributed by atoms with van der Waals surface area (Å²) in [5.74, 6) is 0.289. The van der Waals surface area contributed by atoms with E-state index in [1.165, 1.54) is 5.56 Å². The third kappa shape index (κ3) is 7.21. The fourth-order valence-corrected chi connectivity index (χ4v) is 6.95. The van der Waals surface area contributed by atoms with Crippen LogP contribution in [0.15, 0.2) is 48.7 Å². The largest absolute Gasteiger partial charge is 0.480 e.